The summed E-state index contributed by atoms with van der Waals surface area (Å²) in [6, 6.07) is 4.95. The van der Waals surface area contributed by atoms with Crippen molar-refractivity contribution < 1.29 is 23.7 Å². The van der Waals surface area contributed by atoms with Gasteiger partial charge in [0.25, 0.3) is 6.43 Å². The lowest BCUT2D eigenvalue weighted by molar-refractivity contribution is 0.152. The quantitative estimate of drug-likeness (QED) is 0.797. The Kier molecular flexibility index (Phi) is 5.98. The fourth-order valence-corrected chi connectivity index (χ4v) is 2.00. The van der Waals surface area contributed by atoms with E-state index in [4.69, 9.17) is 9.84 Å². The minimum absolute atomic E-state index is 0.0667. The zero-order valence-corrected chi connectivity index (χ0v) is 11.0. The number of benzene rings is 1. The van der Waals surface area contributed by atoms with E-state index in [0.717, 1.165) is 0 Å². The van der Waals surface area contributed by atoms with E-state index in [1.54, 1.807) is 25.1 Å². The molecule has 1 rings (SSSR count). The number of aliphatic hydroxyl groups is 2. The normalized spacial score (nSPS) is 12.6. The molecule has 1 aromatic rings. The first-order chi connectivity index (χ1) is 9.01. The van der Waals surface area contributed by atoms with Crippen molar-refractivity contribution in [3.05, 3.63) is 23.8 Å². The topological polar surface area (TPSA) is 52.9 Å². The van der Waals surface area contributed by atoms with Gasteiger partial charge in [0, 0.05) is 17.8 Å². The highest BCUT2D eigenvalue weighted by atomic mass is 19.3. The van der Waals surface area contributed by atoms with Gasteiger partial charge in [-0.05, 0) is 19.1 Å². The van der Waals surface area contributed by atoms with Crippen LogP contribution in [0.2, 0.25) is 0 Å². The Labute approximate surface area is 111 Å². The van der Waals surface area contributed by atoms with Crippen LogP contribution in [0.15, 0.2) is 18.2 Å². The average Bonchev–Trinajstić information content (AvgIpc) is 2.36. The van der Waals surface area contributed by atoms with E-state index >= 15 is 0 Å². The first-order valence-electron chi connectivity index (χ1n) is 6.00. The number of ether oxygens (including phenoxy) is 1. The third-order valence-corrected chi connectivity index (χ3v) is 2.75. The number of anilines is 1. The first kappa shape index (κ1) is 15.7. The Morgan fingerprint density at radius 1 is 1.37 bits per heavy atom. The molecule has 0 bridgehead atoms. The molecule has 108 valence electrons. The summed E-state index contributed by atoms with van der Waals surface area (Å²) in [5.41, 5.74) is 0.891. The summed E-state index contributed by atoms with van der Waals surface area (Å²) < 4.78 is 30.3. The van der Waals surface area contributed by atoms with Crippen LogP contribution in [-0.4, -0.2) is 43.4 Å². The van der Waals surface area contributed by atoms with Gasteiger partial charge in [-0.15, -0.1) is 0 Å². The van der Waals surface area contributed by atoms with Crippen LogP contribution in [0.3, 0.4) is 0 Å². The van der Waals surface area contributed by atoms with Gasteiger partial charge in [-0.2, -0.15) is 0 Å². The van der Waals surface area contributed by atoms with Crippen LogP contribution in [0, 0.1) is 0 Å². The maximum Gasteiger partial charge on any atom is 0.255 e. The van der Waals surface area contributed by atoms with Gasteiger partial charge in [0.2, 0.25) is 0 Å². The van der Waals surface area contributed by atoms with Crippen molar-refractivity contribution in [2.45, 2.75) is 19.5 Å². The summed E-state index contributed by atoms with van der Waals surface area (Å²) in [7, 11) is 1.45. The molecular formula is C13H19F2NO3. The van der Waals surface area contributed by atoms with Gasteiger partial charge in [-0.1, -0.05) is 6.07 Å². The van der Waals surface area contributed by atoms with Crippen molar-refractivity contribution in [2.75, 3.05) is 31.7 Å². The lowest BCUT2D eigenvalue weighted by Gasteiger charge is -2.28. The molecule has 1 atom stereocenters. The molecule has 0 aliphatic carbocycles. The SMILES string of the molecule is COc1cccc(N(CCO)CC(F)F)c1C(C)O. The van der Waals surface area contributed by atoms with Crippen LogP contribution in [0.25, 0.3) is 0 Å². The summed E-state index contributed by atoms with van der Waals surface area (Å²) in [5.74, 6) is 0.435. The third-order valence-electron chi connectivity index (χ3n) is 2.75. The molecule has 0 aliphatic heterocycles. The van der Waals surface area contributed by atoms with E-state index in [9.17, 15) is 13.9 Å². The number of hydrogen-bond acceptors (Lipinski definition) is 4. The molecule has 1 aromatic carbocycles. The predicted molar refractivity (Wildman–Crippen MR) is 68.9 cm³/mol. The van der Waals surface area contributed by atoms with E-state index < -0.39 is 19.1 Å². The van der Waals surface area contributed by atoms with Gasteiger partial charge in [-0.25, -0.2) is 8.78 Å². The lowest BCUT2D eigenvalue weighted by Crippen LogP contribution is -2.32. The molecule has 0 amide bonds. The van der Waals surface area contributed by atoms with Gasteiger partial charge in [0.1, 0.15) is 5.75 Å². The highest BCUT2D eigenvalue weighted by Gasteiger charge is 2.20. The van der Waals surface area contributed by atoms with Crippen LogP contribution >= 0.6 is 0 Å². The Bertz CT molecular complexity index is 399. The van der Waals surface area contributed by atoms with Crippen molar-refractivity contribution in [1.82, 2.24) is 0 Å². The van der Waals surface area contributed by atoms with E-state index in [1.165, 1.54) is 12.0 Å². The zero-order chi connectivity index (χ0) is 14.4. The number of halogens is 2. The van der Waals surface area contributed by atoms with Crippen LogP contribution in [0.5, 0.6) is 5.75 Å². The molecule has 4 nitrogen and oxygen atoms in total. The van der Waals surface area contributed by atoms with Crippen molar-refractivity contribution >= 4 is 5.69 Å². The third kappa shape index (κ3) is 4.04. The second-order valence-electron chi connectivity index (χ2n) is 4.13. The van der Waals surface area contributed by atoms with Crippen LogP contribution in [-0.2, 0) is 0 Å². The number of nitrogens with zero attached hydrogens (tertiary/aromatic N) is 1. The Balaban J connectivity index is 3.20. The van der Waals surface area contributed by atoms with Crippen LogP contribution < -0.4 is 9.64 Å². The average molecular weight is 275 g/mol. The van der Waals surface area contributed by atoms with Crippen molar-refractivity contribution in [3.8, 4) is 5.75 Å². The number of alkyl halides is 2. The van der Waals surface area contributed by atoms with E-state index in [-0.39, 0.29) is 13.2 Å². The number of hydrogen-bond donors (Lipinski definition) is 2. The molecule has 0 heterocycles. The van der Waals surface area contributed by atoms with Gasteiger partial charge >= 0.3 is 0 Å². The number of methoxy groups -OCH3 is 1. The molecule has 0 aliphatic rings. The van der Waals surface area contributed by atoms with E-state index in [1.807, 2.05) is 0 Å². The molecule has 0 spiro atoms. The monoisotopic (exact) mass is 275 g/mol. The minimum Gasteiger partial charge on any atom is -0.496 e. The van der Waals surface area contributed by atoms with E-state index in [0.29, 0.717) is 17.0 Å². The van der Waals surface area contributed by atoms with Gasteiger partial charge in [0.05, 0.1) is 26.4 Å². The Morgan fingerprint density at radius 3 is 2.53 bits per heavy atom. The van der Waals surface area contributed by atoms with Gasteiger partial charge in [-0.3, -0.25) is 0 Å². The molecular weight excluding hydrogens is 256 g/mol. The van der Waals surface area contributed by atoms with Crippen molar-refractivity contribution in [2.24, 2.45) is 0 Å². The summed E-state index contributed by atoms with van der Waals surface area (Å²) in [4.78, 5) is 1.34. The van der Waals surface area contributed by atoms with Crippen LogP contribution in [0.4, 0.5) is 14.5 Å². The fraction of sp³-hybridized carbons (Fsp3) is 0.538. The highest BCUT2D eigenvalue weighted by Crippen LogP contribution is 2.34. The highest BCUT2D eigenvalue weighted by molar-refractivity contribution is 5.60. The molecule has 2 N–H and O–H groups in total. The molecule has 6 heteroatoms. The van der Waals surface area contributed by atoms with Gasteiger partial charge in [0.15, 0.2) is 0 Å². The number of rotatable bonds is 7. The van der Waals surface area contributed by atoms with E-state index in [2.05, 4.69) is 0 Å². The molecule has 0 saturated heterocycles. The largest absolute Gasteiger partial charge is 0.496 e. The van der Waals surface area contributed by atoms with Crippen LogP contribution in [0.1, 0.15) is 18.6 Å². The van der Waals surface area contributed by atoms with Crippen molar-refractivity contribution in [1.29, 1.82) is 0 Å². The maximum absolute atomic E-state index is 12.6. The summed E-state index contributed by atoms with van der Waals surface area (Å²) >= 11 is 0. The van der Waals surface area contributed by atoms with Crippen molar-refractivity contribution in [3.63, 3.8) is 0 Å². The van der Waals surface area contributed by atoms with Gasteiger partial charge < -0.3 is 19.8 Å². The standard InChI is InChI=1S/C13H19F2NO3/c1-9(18)13-10(4-3-5-11(13)19-2)16(6-7-17)8-12(14)15/h3-5,9,12,17-18H,6-8H2,1-2H3. The Hall–Kier alpha value is -1.40. The molecule has 0 saturated carbocycles. The molecule has 1 unspecified atom stereocenters. The number of aliphatic hydroxyl groups excluding tert-OH is 2. The smallest absolute Gasteiger partial charge is 0.255 e. The Morgan fingerprint density at radius 2 is 2.05 bits per heavy atom. The summed E-state index contributed by atoms with van der Waals surface area (Å²) in [6.07, 6.45) is -3.38. The molecule has 0 fully saturated rings. The fourth-order valence-electron chi connectivity index (χ4n) is 2.00. The zero-order valence-electron chi connectivity index (χ0n) is 11.0. The predicted octanol–water partition coefficient (Wildman–Crippen LogP) is 1.81. The first-order valence-corrected chi connectivity index (χ1v) is 6.00. The maximum atomic E-state index is 12.6. The summed E-state index contributed by atoms with van der Waals surface area (Å²) in [6.45, 7) is 0.856. The lowest BCUT2D eigenvalue weighted by atomic mass is 10.1. The second-order valence-corrected chi connectivity index (χ2v) is 4.13. The molecule has 0 radical (unpaired) electrons. The molecule has 0 aromatic heterocycles. The summed E-state index contributed by atoms with van der Waals surface area (Å²) in [5, 5.41) is 18.8. The molecule has 19 heavy (non-hydrogen) atoms. The minimum atomic E-state index is -2.53. The second kappa shape index (κ2) is 7.25.